The Kier molecular flexibility index (Phi) is 5.17. The van der Waals surface area contributed by atoms with E-state index in [-0.39, 0.29) is 12.0 Å². The van der Waals surface area contributed by atoms with Crippen molar-refractivity contribution in [3.05, 3.63) is 41.5 Å². The summed E-state index contributed by atoms with van der Waals surface area (Å²) in [6.45, 7) is 1.96. The third kappa shape index (κ3) is 3.95. The van der Waals surface area contributed by atoms with Crippen LogP contribution in [0.4, 0.5) is 17.5 Å². The first-order chi connectivity index (χ1) is 13.6. The molecule has 28 heavy (non-hydrogen) atoms. The standard InChI is InChI=1S/C20H22BN5O2/c1-13-12-23-20(26-19(13)25-17-5-3-2-4-15(17)11-22)24-16-6-7-18-14(10-16)8-9-21(27)28-18/h6-10,12,15,17,27H,2-5H2,1H3,(H2,23,24,25,26)/t15?,17-/m0/s1. The maximum Gasteiger partial charge on any atom is 0.552 e. The molecule has 2 aliphatic rings. The average Bonchev–Trinajstić information content (AvgIpc) is 2.71. The van der Waals surface area contributed by atoms with Crippen LogP contribution in [0, 0.1) is 24.2 Å². The zero-order valence-electron chi connectivity index (χ0n) is 15.7. The Morgan fingerprint density at radius 2 is 2.18 bits per heavy atom. The van der Waals surface area contributed by atoms with E-state index >= 15 is 0 Å². The fourth-order valence-electron chi connectivity index (χ4n) is 3.63. The molecule has 0 radical (unpaired) electrons. The lowest BCUT2D eigenvalue weighted by Gasteiger charge is -2.28. The normalized spacial score (nSPS) is 20.7. The predicted octanol–water partition coefficient (Wildman–Crippen LogP) is 3.45. The highest BCUT2D eigenvalue weighted by Gasteiger charge is 2.25. The van der Waals surface area contributed by atoms with Gasteiger partial charge in [0.15, 0.2) is 0 Å². The molecule has 1 aliphatic carbocycles. The average molecular weight is 375 g/mol. The van der Waals surface area contributed by atoms with Gasteiger partial charge in [0.25, 0.3) is 0 Å². The highest BCUT2D eigenvalue weighted by molar-refractivity contribution is 6.51. The van der Waals surface area contributed by atoms with E-state index in [9.17, 15) is 10.3 Å². The molecule has 0 bridgehead atoms. The van der Waals surface area contributed by atoms with Crippen molar-refractivity contribution in [1.82, 2.24) is 9.97 Å². The van der Waals surface area contributed by atoms with Crippen molar-refractivity contribution in [3.8, 4) is 11.8 Å². The van der Waals surface area contributed by atoms with Gasteiger partial charge in [0, 0.05) is 29.1 Å². The monoisotopic (exact) mass is 375 g/mol. The summed E-state index contributed by atoms with van der Waals surface area (Å²) in [6.07, 6.45) is 7.75. The van der Waals surface area contributed by atoms with Crippen LogP contribution in [0.5, 0.6) is 5.75 Å². The van der Waals surface area contributed by atoms with E-state index in [1.54, 1.807) is 18.2 Å². The Bertz CT molecular complexity index is 943. The molecule has 2 heterocycles. The summed E-state index contributed by atoms with van der Waals surface area (Å²) < 4.78 is 5.35. The van der Waals surface area contributed by atoms with Crippen molar-refractivity contribution in [1.29, 1.82) is 5.26 Å². The van der Waals surface area contributed by atoms with Gasteiger partial charge in [0.05, 0.1) is 12.0 Å². The molecule has 142 valence electrons. The minimum Gasteiger partial charge on any atom is -0.532 e. The first-order valence-electron chi connectivity index (χ1n) is 9.56. The number of aromatic nitrogens is 2. The van der Waals surface area contributed by atoms with E-state index in [4.69, 9.17) is 4.65 Å². The second-order valence-electron chi connectivity index (χ2n) is 7.24. The van der Waals surface area contributed by atoms with Crippen LogP contribution in [0.25, 0.3) is 6.08 Å². The van der Waals surface area contributed by atoms with Crippen LogP contribution in [-0.4, -0.2) is 28.2 Å². The molecule has 1 unspecified atom stereocenters. The summed E-state index contributed by atoms with van der Waals surface area (Å²) in [7, 11) is -0.905. The van der Waals surface area contributed by atoms with Gasteiger partial charge in [0.2, 0.25) is 5.95 Å². The molecule has 0 saturated heterocycles. The zero-order valence-corrected chi connectivity index (χ0v) is 15.7. The molecular weight excluding hydrogens is 353 g/mol. The Balaban J connectivity index is 1.52. The fraction of sp³-hybridized carbons (Fsp3) is 0.350. The number of hydrogen-bond donors (Lipinski definition) is 3. The number of hydrogen-bond acceptors (Lipinski definition) is 7. The van der Waals surface area contributed by atoms with Crippen molar-refractivity contribution in [2.75, 3.05) is 10.6 Å². The SMILES string of the molecule is Cc1cnc(Nc2ccc3c(c2)C=CB(O)O3)nc1N[C@H]1CCCCC1C#N. The van der Waals surface area contributed by atoms with E-state index in [0.717, 1.165) is 48.3 Å². The summed E-state index contributed by atoms with van der Waals surface area (Å²) in [5.74, 6) is 3.48. The van der Waals surface area contributed by atoms with Gasteiger partial charge in [-0.15, -0.1) is 0 Å². The van der Waals surface area contributed by atoms with Crippen molar-refractivity contribution in [3.63, 3.8) is 0 Å². The summed E-state index contributed by atoms with van der Waals surface area (Å²) in [5, 5.41) is 25.6. The summed E-state index contributed by atoms with van der Waals surface area (Å²) in [6, 6.07) is 8.12. The van der Waals surface area contributed by atoms with Crippen molar-refractivity contribution >= 4 is 30.6 Å². The first kappa shape index (κ1) is 18.3. The minimum atomic E-state index is -0.905. The lowest BCUT2D eigenvalue weighted by Crippen LogP contribution is -2.32. The number of fused-ring (bicyclic) bond motifs is 1. The molecule has 2 atom stereocenters. The van der Waals surface area contributed by atoms with E-state index in [0.29, 0.717) is 11.7 Å². The van der Waals surface area contributed by atoms with Crippen LogP contribution in [-0.2, 0) is 0 Å². The highest BCUT2D eigenvalue weighted by Crippen LogP contribution is 2.30. The molecule has 3 N–H and O–H groups in total. The van der Waals surface area contributed by atoms with E-state index < -0.39 is 7.12 Å². The van der Waals surface area contributed by atoms with Crippen molar-refractivity contribution < 1.29 is 9.68 Å². The third-order valence-corrected chi connectivity index (χ3v) is 5.18. The van der Waals surface area contributed by atoms with Crippen molar-refractivity contribution in [2.24, 2.45) is 5.92 Å². The number of rotatable bonds is 4. The number of nitriles is 1. The Labute approximate surface area is 164 Å². The zero-order chi connectivity index (χ0) is 19.5. The number of anilines is 3. The van der Waals surface area contributed by atoms with Gasteiger partial charge in [-0.3, -0.25) is 0 Å². The van der Waals surface area contributed by atoms with Gasteiger partial charge in [0.1, 0.15) is 11.6 Å². The van der Waals surface area contributed by atoms with Gasteiger partial charge in [-0.25, -0.2) is 4.98 Å². The molecule has 8 heteroatoms. The predicted molar refractivity (Wildman–Crippen MR) is 109 cm³/mol. The fourth-order valence-corrected chi connectivity index (χ4v) is 3.63. The largest absolute Gasteiger partial charge is 0.552 e. The molecule has 1 aromatic heterocycles. The quantitative estimate of drug-likeness (QED) is 0.704. The molecule has 7 nitrogen and oxygen atoms in total. The second-order valence-corrected chi connectivity index (χ2v) is 7.24. The van der Waals surface area contributed by atoms with Crippen LogP contribution < -0.4 is 15.3 Å². The van der Waals surface area contributed by atoms with Gasteiger partial charge in [-0.2, -0.15) is 10.2 Å². The smallest absolute Gasteiger partial charge is 0.532 e. The highest BCUT2D eigenvalue weighted by atomic mass is 16.5. The van der Waals surface area contributed by atoms with Crippen LogP contribution in [0.2, 0.25) is 0 Å². The first-order valence-corrected chi connectivity index (χ1v) is 9.56. The lowest BCUT2D eigenvalue weighted by molar-refractivity contribution is 0.388. The molecular formula is C20H22BN5O2. The molecule has 1 aromatic carbocycles. The van der Waals surface area contributed by atoms with Gasteiger partial charge in [-0.1, -0.05) is 18.9 Å². The third-order valence-electron chi connectivity index (χ3n) is 5.18. The number of nitrogens with zero attached hydrogens (tertiary/aromatic N) is 3. The van der Waals surface area contributed by atoms with Gasteiger partial charge in [-0.05, 0) is 43.9 Å². The number of nitrogens with one attached hydrogen (secondary N) is 2. The van der Waals surface area contributed by atoms with E-state index in [1.165, 1.54) is 0 Å². The summed E-state index contributed by atoms with van der Waals surface area (Å²) in [5.41, 5.74) is 2.65. The Hall–Kier alpha value is -3.05. The molecule has 2 aromatic rings. The molecule has 4 rings (SSSR count). The van der Waals surface area contributed by atoms with Crippen LogP contribution in [0.1, 0.15) is 36.8 Å². The molecule has 1 saturated carbocycles. The molecule has 1 aliphatic heterocycles. The van der Waals surface area contributed by atoms with Gasteiger partial charge < -0.3 is 20.3 Å². The Morgan fingerprint density at radius 1 is 1.32 bits per heavy atom. The summed E-state index contributed by atoms with van der Waals surface area (Å²) >= 11 is 0. The maximum absolute atomic E-state index is 9.52. The van der Waals surface area contributed by atoms with Crippen LogP contribution in [0.15, 0.2) is 30.4 Å². The van der Waals surface area contributed by atoms with E-state index in [1.807, 2.05) is 25.1 Å². The van der Waals surface area contributed by atoms with E-state index in [2.05, 4.69) is 26.7 Å². The Morgan fingerprint density at radius 3 is 3.04 bits per heavy atom. The second kappa shape index (κ2) is 7.91. The molecule has 1 fully saturated rings. The van der Waals surface area contributed by atoms with Crippen molar-refractivity contribution in [2.45, 2.75) is 38.6 Å². The van der Waals surface area contributed by atoms with Crippen LogP contribution >= 0.6 is 0 Å². The minimum absolute atomic E-state index is 0.0160. The maximum atomic E-state index is 9.52. The summed E-state index contributed by atoms with van der Waals surface area (Å²) in [4.78, 5) is 9.00. The number of benzene rings is 1. The van der Waals surface area contributed by atoms with Crippen LogP contribution in [0.3, 0.4) is 0 Å². The molecule has 0 spiro atoms. The number of aryl methyl sites for hydroxylation is 1. The lowest BCUT2D eigenvalue weighted by atomic mass is 9.85. The molecule has 0 amide bonds. The topological polar surface area (TPSA) is 103 Å². The van der Waals surface area contributed by atoms with Gasteiger partial charge >= 0.3 is 7.12 Å².